The number of nitrogens with zero attached hydrogens (tertiary/aromatic N) is 5. The molecule has 4 aromatic rings. The number of nitrogens with one attached hydrogen (secondary N) is 2. The van der Waals surface area contributed by atoms with Gasteiger partial charge in [-0.05, 0) is 35.4 Å². The molecule has 0 spiro atoms. The van der Waals surface area contributed by atoms with Crippen LogP contribution in [0, 0.1) is 0 Å². The van der Waals surface area contributed by atoms with Crippen molar-refractivity contribution in [3.8, 4) is 22.5 Å². The summed E-state index contributed by atoms with van der Waals surface area (Å²) in [5.41, 5.74) is 3.25. The predicted octanol–water partition coefficient (Wildman–Crippen LogP) is 4.29. The van der Waals surface area contributed by atoms with Crippen LogP contribution in [-0.2, 0) is 28.0 Å². The lowest BCUT2D eigenvalue weighted by Gasteiger charge is -2.30. The van der Waals surface area contributed by atoms with E-state index in [1.54, 1.807) is 7.05 Å². The lowest BCUT2D eigenvalue weighted by atomic mass is 9.97. The van der Waals surface area contributed by atoms with Gasteiger partial charge in [0.25, 0.3) is 0 Å². The Balaban J connectivity index is 1.74. The van der Waals surface area contributed by atoms with Crippen molar-refractivity contribution in [2.75, 3.05) is 19.9 Å². The number of carbonyl (C=O) groups is 1. The fraction of sp³-hybridized carbons (Fsp3) is 0.346. The maximum atomic E-state index is 13.0. The average molecular weight is 540 g/mol. The highest BCUT2D eigenvalue weighted by atomic mass is 35.5. The zero-order valence-corrected chi connectivity index (χ0v) is 22.7. The van der Waals surface area contributed by atoms with E-state index in [0.29, 0.717) is 18.1 Å². The fourth-order valence-electron chi connectivity index (χ4n) is 4.46. The highest BCUT2D eigenvalue weighted by Gasteiger charge is 2.44. The van der Waals surface area contributed by atoms with Crippen LogP contribution in [0.15, 0.2) is 48.5 Å². The van der Waals surface area contributed by atoms with Crippen molar-refractivity contribution in [1.82, 2.24) is 35.5 Å². The summed E-state index contributed by atoms with van der Waals surface area (Å²) in [6.07, 6.45) is 2.69. The van der Waals surface area contributed by atoms with Crippen LogP contribution in [0.5, 0.6) is 0 Å². The third kappa shape index (κ3) is 5.27. The number of benzene rings is 2. The molecule has 194 valence electrons. The van der Waals surface area contributed by atoms with Crippen molar-refractivity contribution in [3.05, 3.63) is 70.8 Å². The number of hydrogen-bond acceptors (Lipinski definition) is 8. The summed E-state index contributed by atoms with van der Waals surface area (Å²) in [5.74, 6) is 1.04. The van der Waals surface area contributed by atoms with E-state index < -0.39 is 11.5 Å². The van der Waals surface area contributed by atoms with Crippen LogP contribution >= 0.6 is 24.2 Å². The summed E-state index contributed by atoms with van der Waals surface area (Å²) in [6.45, 7) is 2.61. The predicted molar refractivity (Wildman–Crippen MR) is 147 cm³/mol. The summed E-state index contributed by atoms with van der Waals surface area (Å²) in [4.78, 5) is 17.6. The van der Waals surface area contributed by atoms with Crippen molar-refractivity contribution in [1.29, 1.82) is 0 Å². The van der Waals surface area contributed by atoms with E-state index in [-0.39, 0.29) is 10.9 Å². The smallest absolute Gasteiger partial charge is 0.333 e. The van der Waals surface area contributed by atoms with Crippen molar-refractivity contribution in [2.45, 2.75) is 38.3 Å². The lowest BCUT2D eigenvalue weighted by molar-refractivity contribution is -0.148. The zero-order chi connectivity index (χ0) is 26.4. The maximum absolute atomic E-state index is 13.0. The molecule has 2 N–H and O–H groups in total. The van der Waals surface area contributed by atoms with Gasteiger partial charge in [-0.3, -0.25) is 5.32 Å². The van der Waals surface area contributed by atoms with Gasteiger partial charge in [0.05, 0.1) is 12.8 Å². The van der Waals surface area contributed by atoms with E-state index in [0.717, 1.165) is 47.3 Å². The number of tetrazole rings is 1. The molecule has 0 amide bonds. The third-order valence-electron chi connectivity index (χ3n) is 6.48. The molecular weight excluding hydrogens is 510 g/mol. The van der Waals surface area contributed by atoms with E-state index in [9.17, 15) is 4.79 Å². The Labute approximate surface area is 226 Å². The first-order valence-corrected chi connectivity index (χ1v) is 13.1. The molecule has 0 saturated heterocycles. The quantitative estimate of drug-likeness (QED) is 0.192. The molecular formula is C26H30ClN7O2S. The monoisotopic (exact) mass is 539 g/mol. The number of aromatic nitrogens is 6. The van der Waals surface area contributed by atoms with Gasteiger partial charge < -0.3 is 9.30 Å². The third-order valence-corrected chi connectivity index (χ3v) is 7.22. The topological polar surface area (TPSA) is 111 Å². The summed E-state index contributed by atoms with van der Waals surface area (Å²) in [5, 5.41) is 17.8. The maximum Gasteiger partial charge on any atom is 0.333 e. The number of imidazole rings is 1. The second kappa shape index (κ2) is 11.9. The van der Waals surface area contributed by atoms with Crippen molar-refractivity contribution >= 4 is 30.2 Å². The van der Waals surface area contributed by atoms with E-state index in [4.69, 9.17) is 16.3 Å². The molecule has 4 rings (SSSR count). The number of esters is 1. The number of thiol groups is 1. The average Bonchev–Trinajstić information content (AvgIpc) is 3.58. The summed E-state index contributed by atoms with van der Waals surface area (Å²) in [6, 6.07) is 16.2. The molecule has 2 heterocycles. The number of H-pyrrole nitrogens is 1. The second-order valence-corrected chi connectivity index (χ2v) is 9.31. The van der Waals surface area contributed by atoms with Gasteiger partial charge in [-0.15, -0.1) is 10.2 Å². The van der Waals surface area contributed by atoms with Crippen LogP contribution in [0.25, 0.3) is 22.5 Å². The van der Waals surface area contributed by atoms with Gasteiger partial charge in [0, 0.05) is 24.3 Å². The number of carbonyl (C=O) groups excluding carboxylic acids is 1. The van der Waals surface area contributed by atoms with Gasteiger partial charge in [-0.25, -0.2) is 9.78 Å². The first kappa shape index (κ1) is 26.8. The number of ether oxygens (including phenoxy) is 1. The number of halogens is 1. The van der Waals surface area contributed by atoms with Crippen LogP contribution in [0.3, 0.4) is 0 Å². The number of unbranched alkanes of at least 4 members (excludes halogenated alkanes) is 1. The van der Waals surface area contributed by atoms with Gasteiger partial charge in [-0.2, -0.15) is 17.8 Å². The molecule has 0 aliphatic heterocycles. The van der Waals surface area contributed by atoms with Crippen LogP contribution in [0.4, 0.5) is 0 Å². The normalized spacial score (nSPS) is 12.9. The Hall–Kier alpha value is -3.21. The van der Waals surface area contributed by atoms with Crippen molar-refractivity contribution in [3.63, 3.8) is 0 Å². The Bertz CT molecular complexity index is 1340. The largest absolute Gasteiger partial charge is 0.467 e. The van der Waals surface area contributed by atoms with Crippen molar-refractivity contribution in [2.24, 2.45) is 0 Å². The lowest BCUT2D eigenvalue weighted by Crippen LogP contribution is -2.51. The molecule has 0 bridgehead atoms. The van der Waals surface area contributed by atoms with Crippen LogP contribution in [0.2, 0.25) is 5.15 Å². The zero-order valence-electron chi connectivity index (χ0n) is 21.0. The highest BCUT2D eigenvalue weighted by molar-refractivity contribution is 7.80. The van der Waals surface area contributed by atoms with E-state index in [1.807, 2.05) is 28.8 Å². The minimum absolute atomic E-state index is 0.153. The minimum atomic E-state index is -1.24. The molecule has 0 unspecified atom stereocenters. The summed E-state index contributed by atoms with van der Waals surface area (Å²) < 4.78 is 7.16. The summed E-state index contributed by atoms with van der Waals surface area (Å²) in [7, 11) is 3.05. The van der Waals surface area contributed by atoms with E-state index >= 15 is 0 Å². The Morgan fingerprint density at radius 3 is 2.51 bits per heavy atom. The van der Waals surface area contributed by atoms with Gasteiger partial charge in [0.15, 0.2) is 10.7 Å². The van der Waals surface area contributed by atoms with Crippen LogP contribution in [0.1, 0.15) is 36.8 Å². The molecule has 2 aromatic carbocycles. The first-order valence-electron chi connectivity index (χ1n) is 12.0. The fourth-order valence-corrected chi connectivity index (χ4v) is 5.26. The molecule has 0 saturated carbocycles. The molecule has 37 heavy (non-hydrogen) atoms. The van der Waals surface area contributed by atoms with Gasteiger partial charge in [0.2, 0.25) is 5.82 Å². The molecule has 0 aliphatic carbocycles. The number of hydrogen-bond donors (Lipinski definition) is 3. The Morgan fingerprint density at radius 1 is 1.19 bits per heavy atom. The molecule has 0 aliphatic rings. The van der Waals surface area contributed by atoms with Gasteiger partial charge >= 0.3 is 5.97 Å². The van der Waals surface area contributed by atoms with Crippen LogP contribution < -0.4 is 5.32 Å². The van der Waals surface area contributed by atoms with E-state index in [1.165, 1.54) is 7.11 Å². The van der Waals surface area contributed by atoms with E-state index in [2.05, 4.69) is 74.7 Å². The molecule has 9 nitrogen and oxygen atoms in total. The van der Waals surface area contributed by atoms with Crippen LogP contribution in [-0.4, -0.2) is 56.1 Å². The second-order valence-electron chi connectivity index (χ2n) is 8.64. The van der Waals surface area contributed by atoms with Gasteiger partial charge in [-0.1, -0.05) is 73.5 Å². The van der Waals surface area contributed by atoms with Crippen molar-refractivity contribution < 1.29 is 9.53 Å². The standard InChI is InChI=1S/C26H30ClN7O2S/c1-4-5-10-21-29-23(27)22(26(16-37,28-2)25(35)36-3)34(21)15-17-11-13-18(14-12-17)19-8-6-7-9-20(19)24-30-32-33-31-24/h6-9,11-14,28,37H,4-5,10,15-16H2,1-3H3,(H,30,31,32,33)/t26-/m1/s1. The molecule has 0 fully saturated rings. The molecule has 2 aromatic heterocycles. The van der Waals surface area contributed by atoms with Gasteiger partial charge in [0.1, 0.15) is 5.82 Å². The molecule has 0 radical (unpaired) electrons. The first-order chi connectivity index (χ1) is 18.0. The number of rotatable bonds is 11. The SMILES string of the molecule is CCCCc1nc(Cl)c([C@@](CS)(NC)C(=O)OC)n1Cc1ccc(-c2ccccc2-c2nn[nH]n2)cc1. The summed E-state index contributed by atoms with van der Waals surface area (Å²) >= 11 is 11.2. The number of aryl methyl sites for hydroxylation is 1. The Morgan fingerprint density at radius 2 is 1.92 bits per heavy atom. The molecule has 1 atom stereocenters. The minimum Gasteiger partial charge on any atom is -0.467 e. The highest BCUT2D eigenvalue weighted by Crippen LogP contribution is 2.34. The Kier molecular flexibility index (Phi) is 8.63. The molecule has 11 heteroatoms. The number of likely N-dealkylation sites (N-methyl/N-ethyl adjacent to an activating group) is 1. The number of methoxy groups -OCH3 is 1. The number of aromatic amines is 1.